The molecule has 0 radical (unpaired) electrons. The number of hydrogen-bond acceptors (Lipinski definition) is 9. The molecule has 9 nitrogen and oxygen atoms in total. The Morgan fingerprint density at radius 2 is 1.93 bits per heavy atom. The molecule has 27 heavy (non-hydrogen) atoms. The van der Waals surface area contributed by atoms with Crippen molar-refractivity contribution in [2.75, 3.05) is 14.2 Å². The second-order valence-corrected chi connectivity index (χ2v) is 7.46. The molecule has 2 N–H and O–H groups in total. The van der Waals surface area contributed by atoms with Crippen molar-refractivity contribution >= 4 is 22.9 Å². The minimum absolute atomic E-state index is 0.0151. The van der Waals surface area contributed by atoms with Crippen LogP contribution >= 0.6 is 0 Å². The molecule has 1 saturated heterocycles. The van der Waals surface area contributed by atoms with E-state index in [-0.39, 0.29) is 34.4 Å². The lowest BCUT2D eigenvalue weighted by atomic mass is 9.73. The van der Waals surface area contributed by atoms with E-state index >= 15 is 0 Å². The van der Waals surface area contributed by atoms with Crippen LogP contribution in [-0.4, -0.2) is 51.9 Å². The van der Waals surface area contributed by atoms with Crippen LogP contribution in [0.3, 0.4) is 0 Å². The number of benzene rings is 1. The van der Waals surface area contributed by atoms with Crippen LogP contribution in [-0.2, 0) is 35.6 Å². The van der Waals surface area contributed by atoms with Crippen LogP contribution in [0.15, 0.2) is 11.8 Å². The van der Waals surface area contributed by atoms with Gasteiger partial charge in [0.15, 0.2) is 11.5 Å². The van der Waals surface area contributed by atoms with Gasteiger partial charge in [-0.1, -0.05) is 0 Å². The molecule has 4 unspecified atom stereocenters. The monoisotopic (exact) mass is 396 g/mol. The lowest BCUT2D eigenvalue weighted by molar-refractivity contribution is -0.0631. The van der Waals surface area contributed by atoms with Crippen molar-refractivity contribution in [1.82, 2.24) is 0 Å². The topological polar surface area (TPSA) is 129 Å². The number of hydrogen-bond donors (Lipinski definition) is 2. The number of rotatable bonds is 2. The van der Waals surface area contributed by atoms with Crippen molar-refractivity contribution in [3.05, 3.63) is 34.1 Å². The van der Waals surface area contributed by atoms with Crippen LogP contribution in [0.2, 0.25) is 0 Å². The molecule has 10 heteroatoms. The van der Waals surface area contributed by atoms with Crippen LogP contribution in [0.1, 0.15) is 44.9 Å². The Morgan fingerprint density at radius 1 is 1.22 bits per heavy atom. The van der Waals surface area contributed by atoms with E-state index in [0.29, 0.717) is 0 Å². The number of carbonyl (C=O) groups excluding carboxylic acids is 2. The van der Waals surface area contributed by atoms with E-state index in [1.165, 1.54) is 14.2 Å². The number of methoxy groups -OCH3 is 2. The van der Waals surface area contributed by atoms with Gasteiger partial charge < -0.3 is 19.7 Å². The molecule has 0 bridgehead atoms. The van der Waals surface area contributed by atoms with Crippen LogP contribution < -0.4 is 0 Å². The zero-order valence-corrected chi connectivity index (χ0v) is 15.4. The first-order valence-electron chi connectivity index (χ1n) is 8.00. The number of phenolic OH excluding ortho intramolecular Hbond substituents is 2. The van der Waals surface area contributed by atoms with Gasteiger partial charge in [0.2, 0.25) is 5.78 Å². The number of ether oxygens (including phenoxy) is 2. The van der Waals surface area contributed by atoms with E-state index in [4.69, 9.17) is 17.8 Å². The number of ketones is 2. The smallest absolute Gasteiger partial charge is 0.305 e. The number of phenols is 2. The predicted molar refractivity (Wildman–Crippen MR) is 89.5 cm³/mol. The van der Waals surface area contributed by atoms with Crippen LogP contribution in [0.5, 0.6) is 11.5 Å². The van der Waals surface area contributed by atoms with E-state index in [2.05, 4.69) is 0 Å². The third kappa shape index (κ3) is 2.30. The summed E-state index contributed by atoms with van der Waals surface area (Å²) in [6, 6.07) is 0. The lowest BCUT2D eigenvalue weighted by Crippen LogP contribution is -2.47. The third-order valence-electron chi connectivity index (χ3n) is 5.15. The second-order valence-electron chi connectivity index (χ2n) is 6.70. The van der Waals surface area contributed by atoms with E-state index in [0.717, 1.165) is 6.08 Å². The second kappa shape index (κ2) is 5.86. The minimum atomic E-state index is -2.04. The molecular weight excluding hydrogens is 380 g/mol. The van der Waals surface area contributed by atoms with Gasteiger partial charge in [-0.15, -0.1) is 0 Å². The molecule has 0 aromatic heterocycles. The first-order valence-corrected chi connectivity index (χ1v) is 9.00. The SMILES string of the molecule is COC1=CC(=O)c2c(O)c3c(c(O)c2C1=O)CC1(C)OS(=O)OC1C3OC. The van der Waals surface area contributed by atoms with Crippen molar-refractivity contribution in [2.45, 2.75) is 31.2 Å². The van der Waals surface area contributed by atoms with Crippen LogP contribution in [0, 0.1) is 0 Å². The highest BCUT2D eigenvalue weighted by Crippen LogP contribution is 2.53. The molecule has 0 saturated carbocycles. The standard InChI is InChI=1S/C17H16O9S/c1-17-5-6-9(15(24-3)16(17)25-27(22)26-17)14(21)10-7(18)4-8(23-2)13(20)11(10)12(6)19/h4,15-16,19,21H,5H2,1-3H3. The highest BCUT2D eigenvalue weighted by molar-refractivity contribution is 7.75. The van der Waals surface area contributed by atoms with Gasteiger partial charge in [-0.2, -0.15) is 4.21 Å². The van der Waals surface area contributed by atoms with Gasteiger partial charge in [0.1, 0.15) is 29.3 Å². The fraction of sp³-hybridized carbons (Fsp3) is 0.412. The number of aromatic hydroxyl groups is 2. The molecule has 144 valence electrons. The molecule has 1 fully saturated rings. The van der Waals surface area contributed by atoms with E-state index in [9.17, 15) is 24.0 Å². The predicted octanol–water partition coefficient (Wildman–Crippen LogP) is 1.00. The maximum Gasteiger partial charge on any atom is 0.305 e. The van der Waals surface area contributed by atoms with Gasteiger partial charge in [0, 0.05) is 30.7 Å². The summed E-state index contributed by atoms with van der Waals surface area (Å²) in [4.78, 5) is 25.1. The van der Waals surface area contributed by atoms with Gasteiger partial charge in [-0.25, -0.2) is 0 Å². The molecule has 0 amide bonds. The normalized spacial score (nSPS) is 31.8. The van der Waals surface area contributed by atoms with Crippen LogP contribution in [0.4, 0.5) is 0 Å². The fourth-order valence-corrected chi connectivity index (χ4v) is 4.90. The minimum Gasteiger partial charge on any atom is -0.507 e. The summed E-state index contributed by atoms with van der Waals surface area (Å²) in [7, 11) is 2.57. The highest BCUT2D eigenvalue weighted by Gasteiger charge is 2.57. The van der Waals surface area contributed by atoms with E-state index in [1.807, 2.05) is 0 Å². The van der Waals surface area contributed by atoms with Gasteiger partial charge >= 0.3 is 11.4 Å². The third-order valence-corrected chi connectivity index (χ3v) is 6.03. The number of carbonyl (C=O) groups is 2. The quantitative estimate of drug-likeness (QED) is 0.704. The fourth-order valence-electron chi connectivity index (χ4n) is 3.92. The van der Waals surface area contributed by atoms with Crippen molar-refractivity contribution in [2.24, 2.45) is 0 Å². The largest absolute Gasteiger partial charge is 0.507 e. The molecule has 1 heterocycles. The van der Waals surface area contributed by atoms with Gasteiger partial charge in [-0.3, -0.25) is 18.0 Å². The summed E-state index contributed by atoms with van der Waals surface area (Å²) >= 11 is -2.04. The van der Waals surface area contributed by atoms with E-state index < -0.39 is 52.2 Å². The molecule has 3 aliphatic rings. The molecule has 4 rings (SSSR count). The first kappa shape index (κ1) is 18.1. The molecule has 1 aliphatic heterocycles. The van der Waals surface area contributed by atoms with Gasteiger partial charge in [0.25, 0.3) is 0 Å². The zero-order chi connectivity index (χ0) is 19.7. The number of allylic oxidation sites excluding steroid dienone is 2. The molecule has 2 aliphatic carbocycles. The molecule has 1 aromatic carbocycles. The lowest BCUT2D eigenvalue weighted by Gasteiger charge is -2.39. The van der Waals surface area contributed by atoms with Crippen molar-refractivity contribution in [3.8, 4) is 11.5 Å². The van der Waals surface area contributed by atoms with Gasteiger partial charge in [-0.05, 0) is 6.92 Å². The Balaban J connectivity index is 2.01. The summed E-state index contributed by atoms with van der Waals surface area (Å²) in [5.41, 5.74) is -1.53. The Hall–Kier alpha value is -2.27. The average molecular weight is 396 g/mol. The average Bonchev–Trinajstić information content (AvgIpc) is 2.92. The Labute approximate surface area is 156 Å². The number of fused-ring (bicyclic) bond motifs is 3. The Kier molecular flexibility index (Phi) is 3.93. The zero-order valence-electron chi connectivity index (χ0n) is 14.6. The van der Waals surface area contributed by atoms with Crippen LogP contribution in [0.25, 0.3) is 0 Å². The molecule has 0 spiro atoms. The summed E-state index contributed by atoms with van der Waals surface area (Å²) < 4.78 is 32.8. The maximum absolute atomic E-state index is 12.6. The summed E-state index contributed by atoms with van der Waals surface area (Å²) in [5, 5.41) is 21.6. The summed E-state index contributed by atoms with van der Waals surface area (Å²) in [6.07, 6.45) is -0.885. The molecular formula is C17H16O9S. The van der Waals surface area contributed by atoms with Gasteiger partial charge in [0.05, 0.1) is 18.2 Å². The van der Waals surface area contributed by atoms with Crippen molar-refractivity contribution in [1.29, 1.82) is 0 Å². The van der Waals surface area contributed by atoms with Crippen molar-refractivity contribution in [3.63, 3.8) is 0 Å². The molecule has 4 atom stereocenters. The maximum atomic E-state index is 12.6. The summed E-state index contributed by atoms with van der Waals surface area (Å²) in [6.45, 7) is 1.63. The highest BCUT2D eigenvalue weighted by atomic mass is 32.2. The first-order chi connectivity index (χ1) is 12.7. The molecule has 1 aromatic rings. The summed E-state index contributed by atoms with van der Waals surface area (Å²) in [5.74, 6) is -2.62. The Bertz CT molecular complexity index is 950. The van der Waals surface area contributed by atoms with Crippen molar-refractivity contribution < 1.29 is 41.9 Å². The Morgan fingerprint density at radius 3 is 2.56 bits per heavy atom. The van der Waals surface area contributed by atoms with E-state index in [1.54, 1.807) is 6.92 Å². The number of Topliss-reactive ketones (excluding diaryl/α,β-unsaturated/α-hetero) is 1.